The molecule has 2 atom stereocenters. The number of carbonyl (C=O) groups is 1. The second-order valence-corrected chi connectivity index (χ2v) is 5.14. The van der Waals surface area contributed by atoms with Gasteiger partial charge in [-0.05, 0) is 19.9 Å². The molecule has 110 valence electrons. The third-order valence-corrected chi connectivity index (χ3v) is 3.58. The molecule has 1 heterocycles. The van der Waals surface area contributed by atoms with Gasteiger partial charge < -0.3 is 19.6 Å². The molecule has 2 rings (SSSR count). The number of ether oxygens (including phenoxy) is 1. The fraction of sp³-hybridized carbons (Fsp3) is 0.500. The molecule has 0 saturated carbocycles. The van der Waals surface area contributed by atoms with E-state index in [1.165, 1.54) is 24.1 Å². The Morgan fingerprint density at radius 3 is 2.40 bits per heavy atom. The molecule has 0 bridgehead atoms. The zero-order valence-corrected chi connectivity index (χ0v) is 11.8. The Bertz CT molecular complexity index is 497. The monoisotopic (exact) mass is 282 g/mol. The minimum atomic E-state index is -0.917. The number of amides is 1. The number of halogens is 1. The van der Waals surface area contributed by atoms with Crippen LogP contribution >= 0.6 is 0 Å². The minimum Gasteiger partial charge on any atom is -0.497 e. The van der Waals surface area contributed by atoms with E-state index in [2.05, 4.69) is 0 Å². The summed E-state index contributed by atoms with van der Waals surface area (Å²) in [5.41, 5.74) is 0.715. The van der Waals surface area contributed by atoms with Crippen LogP contribution in [0.2, 0.25) is 0 Å². The Kier molecular flexibility index (Phi) is 4.01. The molecular weight excluding hydrogens is 263 g/mol. The average Bonchev–Trinajstić information content (AvgIpc) is 2.37. The quantitative estimate of drug-likeness (QED) is 0.905. The van der Waals surface area contributed by atoms with Crippen LogP contribution in [0.3, 0.4) is 0 Å². The van der Waals surface area contributed by atoms with Gasteiger partial charge in [0.2, 0.25) is 0 Å². The van der Waals surface area contributed by atoms with Crippen molar-refractivity contribution in [2.24, 2.45) is 0 Å². The van der Waals surface area contributed by atoms with Crippen LogP contribution in [0.15, 0.2) is 18.2 Å². The van der Waals surface area contributed by atoms with Gasteiger partial charge in [-0.1, -0.05) is 0 Å². The van der Waals surface area contributed by atoms with E-state index in [0.717, 1.165) is 0 Å². The maximum absolute atomic E-state index is 13.6. The zero-order valence-electron chi connectivity index (χ0n) is 11.8. The van der Waals surface area contributed by atoms with E-state index in [0.29, 0.717) is 24.5 Å². The van der Waals surface area contributed by atoms with E-state index in [1.807, 2.05) is 18.7 Å². The maximum Gasteiger partial charge on any atom is 0.407 e. The van der Waals surface area contributed by atoms with Crippen molar-refractivity contribution in [3.8, 4) is 5.75 Å². The number of benzene rings is 1. The third-order valence-electron chi connectivity index (χ3n) is 3.58. The Labute approximate surface area is 117 Å². The number of methoxy groups -OCH3 is 1. The summed E-state index contributed by atoms with van der Waals surface area (Å²) in [7, 11) is 1.49. The molecule has 0 aromatic heterocycles. The fourth-order valence-electron chi connectivity index (χ4n) is 2.80. The van der Waals surface area contributed by atoms with Crippen molar-refractivity contribution >= 4 is 11.8 Å². The van der Waals surface area contributed by atoms with E-state index in [1.54, 1.807) is 6.07 Å². The molecule has 2 unspecified atom stereocenters. The third kappa shape index (κ3) is 2.79. The molecule has 1 amide bonds. The standard InChI is InChI=1S/C14H19FN2O3/c1-9-7-16(14(18)19)8-10(2)17(9)12-4-11(15)5-13(6-12)20-3/h4-6,9-10H,7-8H2,1-3H3,(H,18,19). The largest absolute Gasteiger partial charge is 0.497 e. The molecule has 5 nitrogen and oxygen atoms in total. The Balaban J connectivity index is 2.28. The van der Waals surface area contributed by atoms with Crippen molar-refractivity contribution in [3.63, 3.8) is 0 Å². The van der Waals surface area contributed by atoms with Crippen LogP contribution in [-0.2, 0) is 0 Å². The summed E-state index contributed by atoms with van der Waals surface area (Å²) in [6.45, 7) is 4.67. The van der Waals surface area contributed by atoms with Gasteiger partial charge in [-0.15, -0.1) is 0 Å². The highest BCUT2D eigenvalue weighted by Crippen LogP contribution is 2.29. The molecule has 20 heavy (non-hydrogen) atoms. The summed E-state index contributed by atoms with van der Waals surface area (Å²) in [6.07, 6.45) is -0.917. The van der Waals surface area contributed by atoms with Gasteiger partial charge in [-0.3, -0.25) is 0 Å². The molecule has 6 heteroatoms. The average molecular weight is 282 g/mol. The van der Waals surface area contributed by atoms with Gasteiger partial charge >= 0.3 is 6.09 Å². The molecule has 1 fully saturated rings. The van der Waals surface area contributed by atoms with Crippen molar-refractivity contribution in [2.45, 2.75) is 25.9 Å². The molecule has 0 spiro atoms. The van der Waals surface area contributed by atoms with E-state index < -0.39 is 6.09 Å². The Hall–Kier alpha value is -1.98. The van der Waals surface area contributed by atoms with Crippen LogP contribution in [-0.4, -0.2) is 48.4 Å². The number of piperazine rings is 1. The first-order valence-corrected chi connectivity index (χ1v) is 6.53. The Morgan fingerprint density at radius 2 is 1.90 bits per heavy atom. The van der Waals surface area contributed by atoms with Gasteiger partial charge in [0.1, 0.15) is 11.6 Å². The predicted molar refractivity (Wildman–Crippen MR) is 74.0 cm³/mol. The first kappa shape index (κ1) is 14.4. The summed E-state index contributed by atoms with van der Waals surface area (Å²) in [5, 5.41) is 9.08. The number of anilines is 1. The molecule has 0 radical (unpaired) electrons. The van der Waals surface area contributed by atoms with Gasteiger partial charge in [0.15, 0.2) is 0 Å². The van der Waals surface area contributed by atoms with E-state index in [4.69, 9.17) is 9.84 Å². The van der Waals surface area contributed by atoms with Crippen molar-refractivity contribution in [1.29, 1.82) is 0 Å². The fourth-order valence-corrected chi connectivity index (χ4v) is 2.80. The topological polar surface area (TPSA) is 53.0 Å². The second kappa shape index (κ2) is 5.56. The predicted octanol–water partition coefficient (Wildman–Crippen LogP) is 2.41. The first-order valence-electron chi connectivity index (χ1n) is 6.53. The lowest BCUT2D eigenvalue weighted by Gasteiger charge is -2.45. The molecular formula is C14H19FN2O3. The van der Waals surface area contributed by atoms with Crippen LogP contribution in [0, 0.1) is 5.82 Å². The summed E-state index contributed by atoms with van der Waals surface area (Å²) in [6, 6.07) is 4.49. The van der Waals surface area contributed by atoms with E-state index >= 15 is 0 Å². The first-order chi connectivity index (χ1) is 9.42. The highest BCUT2D eigenvalue weighted by molar-refractivity contribution is 5.66. The number of nitrogens with zero attached hydrogens (tertiary/aromatic N) is 2. The normalized spacial score (nSPS) is 22.8. The molecule has 1 aromatic carbocycles. The van der Waals surface area contributed by atoms with Crippen molar-refractivity contribution in [3.05, 3.63) is 24.0 Å². The van der Waals surface area contributed by atoms with Crippen LogP contribution < -0.4 is 9.64 Å². The van der Waals surface area contributed by atoms with E-state index in [-0.39, 0.29) is 17.9 Å². The summed E-state index contributed by atoms with van der Waals surface area (Å²) < 4.78 is 18.7. The number of hydrogen-bond acceptors (Lipinski definition) is 3. The molecule has 1 aliphatic heterocycles. The molecule has 1 aromatic rings. The van der Waals surface area contributed by atoms with E-state index in [9.17, 15) is 9.18 Å². The molecule has 1 aliphatic rings. The van der Waals surface area contributed by atoms with Crippen molar-refractivity contribution in [2.75, 3.05) is 25.1 Å². The zero-order chi connectivity index (χ0) is 14.9. The Morgan fingerprint density at radius 1 is 1.30 bits per heavy atom. The van der Waals surface area contributed by atoms with Crippen molar-refractivity contribution in [1.82, 2.24) is 4.90 Å². The lowest BCUT2D eigenvalue weighted by molar-refractivity contribution is 0.128. The summed E-state index contributed by atoms with van der Waals surface area (Å²) in [5.74, 6) is 0.0967. The highest BCUT2D eigenvalue weighted by atomic mass is 19.1. The number of carboxylic acid groups (broad SMARTS) is 1. The van der Waals surface area contributed by atoms with Crippen LogP contribution in [0.1, 0.15) is 13.8 Å². The number of hydrogen-bond donors (Lipinski definition) is 1. The van der Waals surface area contributed by atoms with Crippen LogP contribution in [0.5, 0.6) is 5.75 Å². The molecule has 0 aliphatic carbocycles. The van der Waals surface area contributed by atoms with Crippen LogP contribution in [0.4, 0.5) is 14.9 Å². The van der Waals surface area contributed by atoms with Crippen molar-refractivity contribution < 1.29 is 19.0 Å². The highest BCUT2D eigenvalue weighted by Gasteiger charge is 2.32. The maximum atomic E-state index is 13.6. The lowest BCUT2D eigenvalue weighted by Crippen LogP contribution is -2.58. The molecule has 1 saturated heterocycles. The van der Waals surface area contributed by atoms with Gasteiger partial charge in [0.25, 0.3) is 0 Å². The summed E-state index contributed by atoms with van der Waals surface area (Å²) in [4.78, 5) is 14.5. The van der Waals surface area contributed by atoms with Gasteiger partial charge in [-0.2, -0.15) is 0 Å². The summed E-state index contributed by atoms with van der Waals surface area (Å²) >= 11 is 0. The molecule has 1 N–H and O–H groups in total. The number of rotatable bonds is 2. The smallest absolute Gasteiger partial charge is 0.407 e. The van der Waals surface area contributed by atoms with Gasteiger partial charge in [0, 0.05) is 43.0 Å². The lowest BCUT2D eigenvalue weighted by atomic mass is 10.1. The minimum absolute atomic E-state index is 0.0265. The SMILES string of the molecule is COc1cc(F)cc(N2C(C)CN(C(=O)O)CC2C)c1. The van der Waals surface area contributed by atoms with Gasteiger partial charge in [0.05, 0.1) is 7.11 Å². The second-order valence-electron chi connectivity index (χ2n) is 5.14. The van der Waals surface area contributed by atoms with Gasteiger partial charge in [-0.25, -0.2) is 9.18 Å². The van der Waals surface area contributed by atoms with Crippen LogP contribution in [0.25, 0.3) is 0 Å².